The molecule has 1 aliphatic rings. The fourth-order valence-electron chi connectivity index (χ4n) is 1.53. The number of furan rings is 1. The molecule has 64 valence electrons. The van der Waals surface area contributed by atoms with E-state index in [1.165, 1.54) is 0 Å². The molecule has 1 saturated heterocycles. The van der Waals surface area contributed by atoms with E-state index in [4.69, 9.17) is 9.15 Å². The van der Waals surface area contributed by atoms with E-state index < -0.39 is 5.60 Å². The minimum Gasteiger partial charge on any atom is -0.466 e. The first-order chi connectivity index (χ1) is 5.87. The minimum absolute atomic E-state index is 0.620. The summed E-state index contributed by atoms with van der Waals surface area (Å²) in [7, 11) is 0. The van der Waals surface area contributed by atoms with Gasteiger partial charge < -0.3 is 9.15 Å². The van der Waals surface area contributed by atoms with Gasteiger partial charge >= 0.3 is 0 Å². The summed E-state index contributed by atoms with van der Waals surface area (Å²) in [6.45, 7) is 0.638. The number of carbonyl (C=O) groups excluding carboxylic acids is 1. The van der Waals surface area contributed by atoms with Crippen molar-refractivity contribution in [2.75, 3.05) is 6.61 Å². The molecular weight excluding hydrogens is 156 g/mol. The van der Waals surface area contributed by atoms with E-state index >= 15 is 0 Å². The molecule has 0 radical (unpaired) electrons. The molecule has 0 N–H and O–H groups in total. The molecule has 1 aliphatic heterocycles. The molecule has 0 amide bonds. The second-order valence-corrected chi connectivity index (χ2v) is 2.94. The summed E-state index contributed by atoms with van der Waals surface area (Å²) in [6.07, 6.45) is 4.03. The highest BCUT2D eigenvalue weighted by molar-refractivity contribution is 5.65. The van der Waals surface area contributed by atoms with E-state index in [-0.39, 0.29) is 0 Å². The SMILES string of the molecule is O=CC1(c2ccco2)CCCO1. The van der Waals surface area contributed by atoms with Crippen molar-refractivity contribution < 1.29 is 13.9 Å². The van der Waals surface area contributed by atoms with Crippen LogP contribution in [0.2, 0.25) is 0 Å². The maximum atomic E-state index is 10.8. The van der Waals surface area contributed by atoms with Gasteiger partial charge in [0, 0.05) is 6.61 Å². The van der Waals surface area contributed by atoms with Crippen LogP contribution in [0.5, 0.6) is 0 Å². The highest BCUT2D eigenvalue weighted by Gasteiger charge is 2.39. The summed E-state index contributed by atoms with van der Waals surface area (Å²) in [5.74, 6) is 0.620. The third kappa shape index (κ3) is 0.975. The van der Waals surface area contributed by atoms with E-state index in [0.29, 0.717) is 12.4 Å². The maximum absolute atomic E-state index is 10.8. The molecule has 0 saturated carbocycles. The molecule has 1 aromatic heterocycles. The molecule has 0 spiro atoms. The van der Waals surface area contributed by atoms with Gasteiger partial charge in [-0.2, -0.15) is 0 Å². The van der Waals surface area contributed by atoms with Gasteiger partial charge in [0.15, 0.2) is 11.9 Å². The predicted octanol–water partition coefficient (Wildman–Crippen LogP) is 1.48. The first kappa shape index (κ1) is 7.55. The van der Waals surface area contributed by atoms with Crippen LogP contribution >= 0.6 is 0 Å². The first-order valence-corrected chi connectivity index (χ1v) is 4.02. The van der Waals surface area contributed by atoms with E-state index in [9.17, 15) is 4.79 Å². The Morgan fingerprint density at radius 2 is 2.50 bits per heavy atom. The zero-order valence-corrected chi connectivity index (χ0v) is 6.66. The summed E-state index contributed by atoms with van der Waals surface area (Å²) in [6, 6.07) is 3.54. The number of ether oxygens (including phenoxy) is 1. The Morgan fingerprint density at radius 3 is 3.00 bits per heavy atom. The summed E-state index contributed by atoms with van der Waals surface area (Å²) in [5.41, 5.74) is -0.788. The van der Waals surface area contributed by atoms with Crippen LogP contribution in [0.15, 0.2) is 22.8 Å². The Hall–Kier alpha value is -1.09. The fourth-order valence-corrected chi connectivity index (χ4v) is 1.53. The van der Waals surface area contributed by atoms with E-state index in [0.717, 1.165) is 19.1 Å². The molecule has 0 aromatic carbocycles. The molecule has 0 bridgehead atoms. The van der Waals surface area contributed by atoms with Crippen molar-refractivity contribution in [2.45, 2.75) is 18.4 Å². The van der Waals surface area contributed by atoms with Crippen molar-refractivity contribution in [1.29, 1.82) is 0 Å². The van der Waals surface area contributed by atoms with Crippen molar-refractivity contribution in [2.24, 2.45) is 0 Å². The largest absolute Gasteiger partial charge is 0.466 e. The Bertz CT molecular complexity index is 257. The van der Waals surface area contributed by atoms with Gasteiger partial charge in [-0.05, 0) is 25.0 Å². The smallest absolute Gasteiger partial charge is 0.180 e. The number of hydrogen-bond acceptors (Lipinski definition) is 3. The van der Waals surface area contributed by atoms with Gasteiger partial charge in [-0.1, -0.05) is 0 Å². The zero-order valence-electron chi connectivity index (χ0n) is 6.66. The lowest BCUT2D eigenvalue weighted by Crippen LogP contribution is -2.25. The highest BCUT2D eigenvalue weighted by atomic mass is 16.5. The second-order valence-electron chi connectivity index (χ2n) is 2.94. The number of rotatable bonds is 2. The summed E-state index contributed by atoms with van der Waals surface area (Å²) < 4.78 is 10.5. The van der Waals surface area contributed by atoms with E-state index in [1.807, 2.05) is 0 Å². The standard InChI is InChI=1S/C9H10O3/c10-7-9(4-2-6-12-9)8-3-1-5-11-8/h1,3,5,7H,2,4,6H2. The molecule has 2 rings (SSSR count). The van der Waals surface area contributed by atoms with Gasteiger partial charge in [-0.3, -0.25) is 4.79 Å². The van der Waals surface area contributed by atoms with Crippen LogP contribution in [0.1, 0.15) is 18.6 Å². The molecule has 3 heteroatoms. The summed E-state index contributed by atoms with van der Waals surface area (Å²) in [4.78, 5) is 10.8. The minimum atomic E-state index is -0.788. The van der Waals surface area contributed by atoms with Crippen LogP contribution < -0.4 is 0 Å². The van der Waals surface area contributed by atoms with E-state index in [1.54, 1.807) is 18.4 Å². The van der Waals surface area contributed by atoms with Crippen LogP contribution in [0, 0.1) is 0 Å². The lowest BCUT2D eigenvalue weighted by Gasteiger charge is -2.17. The van der Waals surface area contributed by atoms with Crippen LogP contribution in [-0.2, 0) is 15.1 Å². The van der Waals surface area contributed by atoms with Crippen molar-refractivity contribution in [3.63, 3.8) is 0 Å². The molecule has 3 nitrogen and oxygen atoms in total. The number of hydrogen-bond donors (Lipinski definition) is 0. The van der Waals surface area contributed by atoms with Crippen LogP contribution in [-0.4, -0.2) is 12.9 Å². The Balaban J connectivity index is 2.34. The second kappa shape index (κ2) is 2.75. The Morgan fingerprint density at radius 1 is 1.58 bits per heavy atom. The lowest BCUT2D eigenvalue weighted by atomic mass is 9.99. The van der Waals surface area contributed by atoms with Crippen molar-refractivity contribution >= 4 is 6.29 Å². The molecular formula is C9H10O3. The quantitative estimate of drug-likeness (QED) is 0.625. The summed E-state index contributed by atoms with van der Waals surface area (Å²) >= 11 is 0. The molecule has 1 atom stereocenters. The maximum Gasteiger partial charge on any atom is 0.180 e. The topological polar surface area (TPSA) is 39.4 Å². The Labute approximate surface area is 70.3 Å². The molecule has 0 aliphatic carbocycles. The average Bonchev–Trinajstić information content (AvgIpc) is 2.76. The van der Waals surface area contributed by atoms with Crippen LogP contribution in [0.4, 0.5) is 0 Å². The Kier molecular flexibility index (Phi) is 1.73. The monoisotopic (exact) mass is 166 g/mol. The average molecular weight is 166 g/mol. The van der Waals surface area contributed by atoms with Gasteiger partial charge in [0.2, 0.25) is 0 Å². The van der Waals surface area contributed by atoms with Crippen LogP contribution in [0.25, 0.3) is 0 Å². The fraction of sp³-hybridized carbons (Fsp3) is 0.444. The highest BCUT2D eigenvalue weighted by Crippen LogP contribution is 2.34. The number of carbonyl (C=O) groups is 1. The van der Waals surface area contributed by atoms with Gasteiger partial charge in [-0.15, -0.1) is 0 Å². The third-order valence-electron chi connectivity index (χ3n) is 2.18. The van der Waals surface area contributed by atoms with Gasteiger partial charge in [0.1, 0.15) is 5.76 Å². The van der Waals surface area contributed by atoms with E-state index in [2.05, 4.69) is 0 Å². The lowest BCUT2D eigenvalue weighted by molar-refractivity contribution is -0.128. The summed E-state index contributed by atoms with van der Waals surface area (Å²) in [5, 5.41) is 0. The normalized spacial score (nSPS) is 29.0. The molecule has 1 aromatic rings. The van der Waals surface area contributed by atoms with Gasteiger partial charge in [0.05, 0.1) is 6.26 Å². The number of aldehydes is 1. The first-order valence-electron chi connectivity index (χ1n) is 4.02. The van der Waals surface area contributed by atoms with Crippen molar-refractivity contribution in [3.8, 4) is 0 Å². The van der Waals surface area contributed by atoms with Crippen molar-refractivity contribution in [3.05, 3.63) is 24.2 Å². The zero-order chi connectivity index (χ0) is 8.44. The third-order valence-corrected chi connectivity index (χ3v) is 2.18. The van der Waals surface area contributed by atoms with Gasteiger partial charge in [-0.25, -0.2) is 0 Å². The predicted molar refractivity (Wildman–Crippen MR) is 41.6 cm³/mol. The molecule has 12 heavy (non-hydrogen) atoms. The molecule has 2 heterocycles. The van der Waals surface area contributed by atoms with Crippen molar-refractivity contribution in [1.82, 2.24) is 0 Å². The molecule has 1 unspecified atom stereocenters. The van der Waals surface area contributed by atoms with Crippen LogP contribution in [0.3, 0.4) is 0 Å². The molecule has 1 fully saturated rings. The van der Waals surface area contributed by atoms with Gasteiger partial charge in [0.25, 0.3) is 0 Å².